The lowest BCUT2D eigenvalue weighted by atomic mass is 10.0. The van der Waals surface area contributed by atoms with Gasteiger partial charge in [0.05, 0.1) is 6.61 Å². The molecule has 0 aliphatic heterocycles. The monoisotopic (exact) mass is 437 g/mol. The van der Waals surface area contributed by atoms with Crippen molar-refractivity contribution in [2.24, 2.45) is 0 Å². The number of benzene rings is 1. The first kappa shape index (κ1) is 26.2. The number of nitrogens with zero attached hydrogens (tertiary/aromatic N) is 1. The van der Waals surface area contributed by atoms with Gasteiger partial charge in [-0.25, -0.2) is 4.79 Å². The molecule has 0 spiro atoms. The normalized spacial score (nSPS) is 13.7. The first-order chi connectivity index (χ1) is 14.2. The Morgan fingerprint density at radius 1 is 1.13 bits per heavy atom. The highest BCUT2D eigenvalue weighted by atomic mass is 16.6. The first-order valence-corrected chi connectivity index (χ1v) is 10.2. The first-order valence-electron chi connectivity index (χ1n) is 10.2. The van der Waals surface area contributed by atoms with E-state index in [1.807, 2.05) is 20.8 Å². The molecule has 1 rings (SSSR count). The molecule has 2 unspecified atom stereocenters. The Bertz CT molecular complexity index is 782. The van der Waals surface area contributed by atoms with Crippen LogP contribution in [-0.4, -0.2) is 63.4 Å². The SMILES string of the molecule is CCN(C(=O)C(CO)NC(=O)OC(C)(C)C)C(C(=O)NC(C)(C)C)c1cccc(O)c1. The Balaban J connectivity index is 3.27. The molecule has 3 amide bonds. The summed E-state index contributed by atoms with van der Waals surface area (Å²) >= 11 is 0. The number of hydrogen-bond donors (Lipinski definition) is 4. The lowest BCUT2D eigenvalue weighted by molar-refractivity contribution is -0.143. The smallest absolute Gasteiger partial charge is 0.408 e. The van der Waals surface area contributed by atoms with E-state index in [9.17, 15) is 24.6 Å². The number of hydrogen-bond acceptors (Lipinski definition) is 6. The molecule has 9 heteroatoms. The summed E-state index contributed by atoms with van der Waals surface area (Å²) in [6.45, 7) is 11.6. The van der Waals surface area contributed by atoms with Gasteiger partial charge in [0, 0.05) is 12.1 Å². The van der Waals surface area contributed by atoms with Crippen molar-refractivity contribution in [1.29, 1.82) is 0 Å². The molecule has 0 saturated carbocycles. The van der Waals surface area contributed by atoms with Crippen LogP contribution in [0.2, 0.25) is 0 Å². The van der Waals surface area contributed by atoms with Crippen LogP contribution >= 0.6 is 0 Å². The second-order valence-electron chi connectivity index (χ2n) is 9.24. The molecule has 1 aromatic rings. The van der Waals surface area contributed by atoms with Gasteiger partial charge in [-0.2, -0.15) is 0 Å². The second-order valence-corrected chi connectivity index (χ2v) is 9.24. The van der Waals surface area contributed by atoms with Gasteiger partial charge in [-0.05, 0) is 66.2 Å². The number of carbonyl (C=O) groups is 3. The molecule has 0 aromatic heterocycles. The lowest BCUT2D eigenvalue weighted by Gasteiger charge is -2.35. The quantitative estimate of drug-likeness (QED) is 0.517. The third-order valence-corrected chi connectivity index (χ3v) is 4.04. The van der Waals surface area contributed by atoms with E-state index in [0.717, 1.165) is 0 Å². The molecule has 9 nitrogen and oxygen atoms in total. The highest BCUT2D eigenvalue weighted by molar-refractivity contribution is 5.92. The number of aromatic hydroxyl groups is 1. The van der Waals surface area contributed by atoms with Crippen molar-refractivity contribution in [3.63, 3.8) is 0 Å². The zero-order valence-corrected chi connectivity index (χ0v) is 19.4. The van der Waals surface area contributed by atoms with E-state index < -0.39 is 47.7 Å². The summed E-state index contributed by atoms with van der Waals surface area (Å²) in [5, 5.41) is 24.9. The summed E-state index contributed by atoms with van der Waals surface area (Å²) < 4.78 is 5.16. The predicted octanol–water partition coefficient (Wildman–Crippen LogP) is 2.08. The molecule has 174 valence electrons. The Labute approximate surface area is 183 Å². The molecule has 0 heterocycles. The molecular weight excluding hydrogens is 402 g/mol. The minimum absolute atomic E-state index is 0.0554. The van der Waals surface area contributed by atoms with Crippen LogP contribution in [0.15, 0.2) is 24.3 Å². The van der Waals surface area contributed by atoms with E-state index in [0.29, 0.717) is 5.56 Å². The molecule has 0 aliphatic carbocycles. The third-order valence-electron chi connectivity index (χ3n) is 4.04. The van der Waals surface area contributed by atoms with Crippen LogP contribution in [0, 0.1) is 0 Å². The molecule has 0 aliphatic rings. The van der Waals surface area contributed by atoms with E-state index in [1.165, 1.54) is 17.0 Å². The van der Waals surface area contributed by atoms with E-state index in [1.54, 1.807) is 39.8 Å². The van der Waals surface area contributed by atoms with Crippen LogP contribution in [-0.2, 0) is 14.3 Å². The average Bonchev–Trinajstić information content (AvgIpc) is 2.60. The van der Waals surface area contributed by atoms with Crippen molar-refractivity contribution >= 4 is 17.9 Å². The van der Waals surface area contributed by atoms with Gasteiger partial charge in [-0.1, -0.05) is 12.1 Å². The van der Waals surface area contributed by atoms with Gasteiger partial charge in [0.2, 0.25) is 11.8 Å². The van der Waals surface area contributed by atoms with Gasteiger partial charge < -0.3 is 30.5 Å². The Morgan fingerprint density at radius 2 is 1.74 bits per heavy atom. The van der Waals surface area contributed by atoms with Crippen LogP contribution in [0.25, 0.3) is 0 Å². The maximum absolute atomic E-state index is 13.2. The minimum Gasteiger partial charge on any atom is -0.508 e. The fourth-order valence-electron chi connectivity index (χ4n) is 2.91. The molecule has 2 atom stereocenters. The van der Waals surface area contributed by atoms with E-state index in [2.05, 4.69) is 10.6 Å². The predicted molar refractivity (Wildman–Crippen MR) is 116 cm³/mol. The van der Waals surface area contributed by atoms with Gasteiger partial charge in [-0.3, -0.25) is 9.59 Å². The molecule has 31 heavy (non-hydrogen) atoms. The van der Waals surface area contributed by atoms with Crippen molar-refractivity contribution in [3.8, 4) is 5.75 Å². The van der Waals surface area contributed by atoms with Crippen molar-refractivity contribution in [1.82, 2.24) is 15.5 Å². The zero-order valence-electron chi connectivity index (χ0n) is 19.4. The second kappa shape index (κ2) is 10.5. The van der Waals surface area contributed by atoms with Gasteiger partial charge >= 0.3 is 6.09 Å². The number of alkyl carbamates (subject to hydrolysis) is 1. The fraction of sp³-hybridized carbons (Fsp3) is 0.591. The van der Waals surface area contributed by atoms with Crippen molar-refractivity contribution < 1.29 is 29.3 Å². The molecule has 1 aromatic carbocycles. The highest BCUT2D eigenvalue weighted by Gasteiger charge is 2.36. The van der Waals surface area contributed by atoms with E-state index >= 15 is 0 Å². The molecule has 4 N–H and O–H groups in total. The number of aliphatic hydroxyl groups excluding tert-OH is 1. The average molecular weight is 438 g/mol. The minimum atomic E-state index is -1.31. The van der Waals surface area contributed by atoms with Crippen molar-refractivity contribution in [2.75, 3.05) is 13.2 Å². The summed E-state index contributed by atoms with van der Waals surface area (Å²) in [5.41, 5.74) is -0.959. The molecular formula is C22H35N3O6. The fourth-order valence-corrected chi connectivity index (χ4v) is 2.91. The van der Waals surface area contributed by atoms with Crippen LogP contribution in [0.5, 0.6) is 5.75 Å². The summed E-state index contributed by atoms with van der Waals surface area (Å²) in [7, 11) is 0. The highest BCUT2D eigenvalue weighted by Crippen LogP contribution is 2.26. The number of phenols is 1. The Kier molecular flexibility index (Phi) is 8.86. The van der Waals surface area contributed by atoms with Crippen molar-refractivity contribution in [3.05, 3.63) is 29.8 Å². The van der Waals surface area contributed by atoms with Gasteiger partial charge in [0.25, 0.3) is 0 Å². The third kappa shape index (κ3) is 8.45. The number of carbonyl (C=O) groups excluding carboxylic acids is 3. The van der Waals surface area contributed by atoms with E-state index in [4.69, 9.17) is 4.74 Å². The molecule has 0 bridgehead atoms. The van der Waals surface area contributed by atoms with Gasteiger partial charge in [-0.15, -0.1) is 0 Å². The Morgan fingerprint density at radius 3 is 2.19 bits per heavy atom. The van der Waals surface area contributed by atoms with Crippen LogP contribution < -0.4 is 10.6 Å². The van der Waals surface area contributed by atoms with Gasteiger partial charge in [0.1, 0.15) is 23.4 Å². The standard InChI is InChI=1S/C22H35N3O6/c1-8-25(19(29)16(13-26)23-20(30)31-22(5,6)7)17(18(28)24-21(2,3)4)14-10-9-11-15(27)12-14/h9-12,16-17,26-27H,8,13H2,1-7H3,(H,23,30)(H,24,28). The molecule has 0 saturated heterocycles. The maximum atomic E-state index is 13.2. The summed E-state index contributed by atoms with van der Waals surface area (Å²) in [6.07, 6.45) is -0.857. The number of likely N-dealkylation sites (N-methyl/N-ethyl adjacent to an activating group) is 1. The van der Waals surface area contributed by atoms with Crippen LogP contribution in [0.4, 0.5) is 4.79 Å². The summed E-state index contributed by atoms with van der Waals surface area (Å²) in [5.74, 6) is -1.17. The number of amides is 3. The van der Waals surface area contributed by atoms with Crippen molar-refractivity contribution in [2.45, 2.75) is 71.7 Å². The number of phenolic OH excluding ortho intramolecular Hbond substituents is 1. The zero-order chi connectivity index (χ0) is 24.0. The number of aliphatic hydroxyl groups is 1. The summed E-state index contributed by atoms with van der Waals surface area (Å²) in [6, 6.07) is 3.66. The largest absolute Gasteiger partial charge is 0.508 e. The van der Waals surface area contributed by atoms with Crippen LogP contribution in [0.1, 0.15) is 60.1 Å². The molecule has 0 radical (unpaired) electrons. The van der Waals surface area contributed by atoms with E-state index in [-0.39, 0.29) is 12.3 Å². The Hall–Kier alpha value is -2.81. The lowest BCUT2D eigenvalue weighted by Crippen LogP contribution is -2.55. The van der Waals surface area contributed by atoms with Gasteiger partial charge in [0.15, 0.2) is 0 Å². The number of nitrogens with one attached hydrogen (secondary N) is 2. The molecule has 0 fully saturated rings. The topological polar surface area (TPSA) is 128 Å². The maximum Gasteiger partial charge on any atom is 0.408 e. The van der Waals surface area contributed by atoms with Crippen LogP contribution in [0.3, 0.4) is 0 Å². The summed E-state index contributed by atoms with van der Waals surface area (Å²) in [4.78, 5) is 39.7. The number of ether oxygens (including phenoxy) is 1. The number of rotatable bonds is 7.